The molecule has 144 valence electrons. The highest BCUT2D eigenvalue weighted by molar-refractivity contribution is 7.92. The van der Waals surface area contributed by atoms with Crippen molar-refractivity contribution < 1.29 is 17.9 Å². The normalized spacial score (nSPS) is 10.9. The van der Waals surface area contributed by atoms with Crippen molar-refractivity contribution in [1.82, 2.24) is 0 Å². The van der Waals surface area contributed by atoms with Gasteiger partial charge in [0.15, 0.2) is 0 Å². The van der Waals surface area contributed by atoms with Gasteiger partial charge in [-0.3, -0.25) is 9.52 Å². The molecule has 0 saturated heterocycles. The van der Waals surface area contributed by atoms with Crippen molar-refractivity contribution in [3.63, 3.8) is 0 Å². The maximum Gasteiger partial charge on any atom is 0.257 e. The topological polar surface area (TPSA) is 84.5 Å². The fourth-order valence-corrected chi connectivity index (χ4v) is 3.12. The van der Waals surface area contributed by atoms with Gasteiger partial charge in [-0.2, -0.15) is 0 Å². The van der Waals surface area contributed by atoms with E-state index in [1.807, 2.05) is 30.3 Å². The van der Waals surface area contributed by atoms with E-state index in [0.29, 0.717) is 18.0 Å². The number of carbonyl (C=O) groups excluding carboxylic acids is 1. The van der Waals surface area contributed by atoms with Crippen LogP contribution in [0.1, 0.15) is 15.9 Å². The van der Waals surface area contributed by atoms with E-state index in [1.165, 1.54) is 6.07 Å². The second kappa shape index (κ2) is 8.58. The van der Waals surface area contributed by atoms with E-state index in [1.54, 1.807) is 42.5 Å². The molecule has 0 fully saturated rings. The first kappa shape index (κ1) is 19.4. The first-order chi connectivity index (χ1) is 13.4. The average Bonchev–Trinajstić information content (AvgIpc) is 2.67. The number of sulfonamides is 1. The number of carbonyl (C=O) groups is 1. The van der Waals surface area contributed by atoms with Gasteiger partial charge in [-0.05, 0) is 42.0 Å². The predicted molar refractivity (Wildman–Crippen MR) is 110 cm³/mol. The maximum atomic E-state index is 12.5. The van der Waals surface area contributed by atoms with Crippen molar-refractivity contribution in [2.45, 2.75) is 6.61 Å². The third-order valence-electron chi connectivity index (χ3n) is 3.83. The van der Waals surface area contributed by atoms with Crippen molar-refractivity contribution in [3.8, 4) is 5.75 Å². The SMILES string of the molecule is CS(=O)(=O)Nc1ccccc1C(=O)Nc1ccc(OCc2ccccc2)cc1. The van der Waals surface area contributed by atoms with E-state index in [4.69, 9.17) is 4.74 Å². The summed E-state index contributed by atoms with van der Waals surface area (Å²) in [6, 6.07) is 23.2. The number of anilines is 2. The van der Waals surface area contributed by atoms with E-state index < -0.39 is 15.9 Å². The Kier molecular flexibility index (Phi) is 5.96. The molecule has 0 radical (unpaired) electrons. The maximum absolute atomic E-state index is 12.5. The average molecular weight is 396 g/mol. The second-order valence-electron chi connectivity index (χ2n) is 6.17. The molecule has 0 saturated carbocycles. The standard InChI is InChI=1S/C21H20N2O4S/c1-28(25,26)23-20-10-6-5-9-19(20)21(24)22-17-11-13-18(14-12-17)27-15-16-7-3-2-4-8-16/h2-14,23H,15H2,1H3,(H,22,24). The molecule has 0 unspecified atom stereocenters. The molecule has 7 heteroatoms. The second-order valence-corrected chi connectivity index (χ2v) is 7.92. The molecule has 0 aliphatic carbocycles. The van der Waals surface area contributed by atoms with Gasteiger partial charge in [0.2, 0.25) is 10.0 Å². The number of para-hydroxylation sites is 1. The number of hydrogen-bond donors (Lipinski definition) is 2. The lowest BCUT2D eigenvalue weighted by molar-refractivity contribution is 0.102. The van der Waals surface area contributed by atoms with Gasteiger partial charge in [-0.15, -0.1) is 0 Å². The lowest BCUT2D eigenvalue weighted by Gasteiger charge is -2.11. The molecule has 2 N–H and O–H groups in total. The van der Waals surface area contributed by atoms with E-state index in [-0.39, 0.29) is 11.3 Å². The first-order valence-corrected chi connectivity index (χ1v) is 10.4. The summed E-state index contributed by atoms with van der Waals surface area (Å²) in [6.45, 7) is 0.455. The highest BCUT2D eigenvalue weighted by atomic mass is 32.2. The number of rotatable bonds is 7. The smallest absolute Gasteiger partial charge is 0.257 e. The number of hydrogen-bond acceptors (Lipinski definition) is 4. The summed E-state index contributed by atoms with van der Waals surface area (Å²) in [5, 5.41) is 2.76. The lowest BCUT2D eigenvalue weighted by Crippen LogP contribution is -2.17. The van der Waals surface area contributed by atoms with Crippen LogP contribution >= 0.6 is 0 Å². The number of benzene rings is 3. The molecular formula is C21H20N2O4S. The van der Waals surface area contributed by atoms with Gasteiger partial charge < -0.3 is 10.1 Å². The van der Waals surface area contributed by atoms with Gasteiger partial charge in [-0.25, -0.2) is 8.42 Å². The fraction of sp³-hybridized carbons (Fsp3) is 0.0952. The van der Waals surface area contributed by atoms with Crippen LogP contribution in [-0.2, 0) is 16.6 Å². The van der Waals surface area contributed by atoms with Crippen LogP contribution < -0.4 is 14.8 Å². The van der Waals surface area contributed by atoms with Crippen LogP contribution in [-0.4, -0.2) is 20.6 Å². The number of nitrogens with one attached hydrogen (secondary N) is 2. The predicted octanol–water partition coefficient (Wildman–Crippen LogP) is 3.89. The first-order valence-electron chi connectivity index (χ1n) is 8.56. The van der Waals surface area contributed by atoms with E-state index in [9.17, 15) is 13.2 Å². The highest BCUT2D eigenvalue weighted by Gasteiger charge is 2.14. The molecule has 0 aromatic heterocycles. The Bertz CT molecular complexity index is 1050. The third-order valence-corrected chi connectivity index (χ3v) is 4.42. The molecular weight excluding hydrogens is 376 g/mol. The van der Waals surface area contributed by atoms with Crippen LogP contribution in [0.5, 0.6) is 5.75 Å². The van der Waals surface area contributed by atoms with Gasteiger partial charge in [0.05, 0.1) is 17.5 Å². The Morgan fingerprint density at radius 2 is 1.54 bits per heavy atom. The largest absolute Gasteiger partial charge is 0.489 e. The summed E-state index contributed by atoms with van der Waals surface area (Å²) in [7, 11) is -3.49. The van der Waals surface area contributed by atoms with Crippen LogP contribution in [0.15, 0.2) is 78.9 Å². The minimum atomic E-state index is -3.49. The summed E-state index contributed by atoms with van der Waals surface area (Å²) in [5.74, 6) is 0.269. The van der Waals surface area contributed by atoms with Gasteiger partial charge in [0.25, 0.3) is 5.91 Å². The Morgan fingerprint density at radius 3 is 2.21 bits per heavy atom. The van der Waals surface area contributed by atoms with Gasteiger partial charge in [0, 0.05) is 5.69 Å². The van der Waals surface area contributed by atoms with Crippen molar-refractivity contribution in [1.29, 1.82) is 0 Å². The van der Waals surface area contributed by atoms with Gasteiger partial charge >= 0.3 is 0 Å². The molecule has 0 aliphatic rings. The monoisotopic (exact) mass is 396 g/mol. The Hall–Kier alpha value is -3.32. The summed E-state index contributed by atoms with van der Waals surface area (Å²) in [4.78, 5) is 12.5. The Labute approximate surface area is 164 Å². The van der Waals surface area contributed by atoms with Crippen molar-refractivity contribution in [3.05, 3.63) is 90.0 Å². The van der Waals surface area contributed by atoms with E-state index >= 15 is 0 Å². The fourth-order valence-electron chi connectivity index (χ4n) is 2.54. The molecule has 3 aromatic rings. The number of amides is 1. The zero-order valence-electron chi connectivity index (χ0n) is 15.3. The zero-order valence-corrected chi connectivity index (χ0v) is 16.1. The molecule has 0 heterocycles. The minimum absolute atomic E-state index is 0.227. The van der Waals surface area contributed by atoms with Crippen LogP contribution in [0, 0.1) is 0 Å². The van der Waals surface area contributed by atoms with E-state index in [2.05, 4.69) is 10.0 Å². The molecule has 0 aliphatic heterocycles. The molecule has 0 bridgehead atoms. The summed E-state index contributed by atoms with van der Waals surface area (Å²) >= 11 is 0. The van der Waals surface area contributed by atoms with Gasteiger partial charge in [-0.1, -0.05) is 42.5 Å². The van der Waals surface area contributed by atoms with E-state index in [0.717, 1.165) is 11.8 Å². The number of ether oxygens (including phenoxy) is 1. The van der Waals surface area contributed by atoms with Crippen LogP contribution in [0.3, 0.4) is 0 Å². The minimum Gasteiger partial charge on any atom is -0.489 e. The Morgan fingerprint density at radius 1 is 0.893 bits per heavy atom. The molecule has 28 heavy (non-hydrogen) atoms. The van der Waals surface area contributed by atoms with Crippen LogP contribution in [0.2, 0.25) is 0 Å². The third kappa shape index (κ3) is 5.59. The van der Waals surface area contributed by atoms with Crippen molar-refractivity contribution in [2.24, 2.45) is 0 Å². The molecule has 6 nitrogen and oxygen atoms in total. The molecule has 0 atom stereocenters. The van der Waals surface area contributed by atoms with Crippen LogP contribution in [0.4, 0.5) is 11.4 Å². The van der Waals surface area contributed by atoms with Crippen molar-refractivity contribution in [2.75, 3.05) is 16.3 Å². The molecule has 0 spiro atoms. The molecule has 3 rings (SSSR count). The quantitative estimate of drug-likeness (QED) is 0.635. The molecule has 1 amide bonds. The zero-order chi connectivity index (χ0) is 20.0. The highest BCUT2D eigenvalue weighted by Crippen LogP contribution is 2.20. The van der Waals surface area contributed by atoms with Gasteiger partial charge in [0.1, 0.15) is 12.4 Å². The summed E-state index contributed by atoms with van der Waals surface area (Å²) in [5.41, 5.74) is 2.10. The summed E-state index contributed by atoms with van der Waals surface area (Å²) in [6.07, 6.45) is 1.04. The van der Waals surface area contributed by atoms with Crippen LogP contribution in [0.25, 0.3) is 0 Å². The molecule has 3 aromatic carbocycles. The van der Waals surface area contributed by atoms with Crippen molar-refractivity contribution >= 4 is 27.3 Å². The lowest BCUT2D eigenvalue weighted by atomic mass is 10.1. The summed E-state index contributed by atoms with van der Waals surface area (Å²) < 4.78 is 31.0. The Balaban J connectivity index is 1.65.